The van der Waals surface area contributed by atoms with Crippen molar-refractivity contribution in [2.75, 3.05) is 0 Å². The summed E-state index contributed by atoms with van der Waals surface area (Å²) in [6.07, 6.45) is 5.59. The van der Waals surface area contributed by atoms with Gasteiger partial charge in [0, 0.05) is 12.1 Å². The number of thiazole rings is 1. The molecule has 6 nitrogen and oxygen atoms in total. The minimum absolute atomic E-state index is 0.0294. The molecule has 0 aliphatic heterocycles. The molecule has 0 aliphatic carbocycles. The molecule has 0 N–H and O–H groups in total. The molecule has 25 heavy (non-hydrogen) atoms. The zero-order chi connectivity index (χ0) is 17.8. The monoisotopic (exact) mass is 351 g/mol. The largest absolute Gasteiger partial charge is 0.304 e. The number of nitrogens with zero attached hydrogens (tertiary/aromatic N) is 3. The number of nitro benzene ring substituents is 1. The third-order valence-corrected chi connectivity index (χ3v) is 4.60. The smallest absolute Gasteiger partial charge is 0.271 e. The molecule has 3 aromatic rings. The molecule has 1 heterocycles. The number of hydrogen-bond donors (Lipinski definition) is 0. The number of nitro groups is 1. The quantitative estimate of drug-likeness (QED) is 0.412. The Labute approximate surface area is 147 Å². The predicted octanol–water partition coefficient (Wildman–Crippen LogP) is 2.91. The van der Waals surface area contributed by atoms with Gasteiger partial charge in [-0.15, -0.1) is 6.42 Å². The molecule has 0 atom stereocenters. The van der Waals surface area contributed by atoms with Crippen LogP contribution in [0.2, 0.25) is 0 Å². The highest BCUT2D eigenvalue weighted by molar-refractivity contribution is 7.16. The molecule has 0 spiro atoms. The van der Waals surface area contributed by atoms with Crippen molar-refractivity contribution in [2.24, 2.45) is 4.99 Å². The normalized spacial score (nSPS) is 11.4. The van der Waals surface area contributed by atoms with Crippen molar-refractivity contribution in [1.29, 1.82) is 0 Å². The van der Waals surface area contributed by atoms with E-state index in [0.717, 1.165) is 10.3 Å². The van der Waals surface area contributed by atoms with Crippen LogP contribution < -0.4 is 4.80 Å². The number of non-ortho nitro benzene ring substituents is 1. The fourth-order valence-electron chi connectivity index (χ4n) is 2.42. The zero-order valence-corrected chi connectivity index (χ0v) is 13.9. The molecule has 3 rings (SSSR count). The third-order valence-electron chi connectivity index (χ3n) is 3.54. The number of hydrogen-bond acceptors (Lipinski definition) is 4. The van der Waals surface area contributed by atoms with E-state index in [0.29, 0.717) is 10.3 Å². The van der Waals surface area contributed by atoms with E-state index in [1.54, 1.807) is 10.6 Å². The van der Waals surface area contributed by atoms with Crippen molar-refractivity contribution >= 4 is 33.1 Å². The molecule has 0 bridgehead atoms. The molecule has 0 aliphatic rings. The van der Waals surface area contributed by atoms with Crippen molar-refractivity contribution in [3.05, 3.63) is 69.0 Å². The minimum atomic E-state index is -0.464. The Balaban J connectivity index is 2.05. The molecule has 0 saturated heterocycles. The Bertz CT molecular complexity index is 1060. The number of rotatable bonds is 4. The molecule has 0 fully saturated rings. The summed E-state index contributed by atoms with van der Waals surface area (Å²) in [5.41, 5.74) is 1.44. The molecule has 1 amide bonds. The molecule has 124 valence electrons. The maximum atomic E-state index is 12.3. The standard InChI is InChI=1S/C18H13N3O3S/c1-2-10-20-15-12-14(21(23)24)8-9-16(15)25-18(20)19-17(22)11-13-6-4-3-5-7-13/h1,3-9,12H,10-11H2. The Morgan fingerprint density at radius 2 is 2.04 bits per heavy atom. The van der Waals surface area contributed by atoms with Crippen LogP contribution in [0.4, 0.5) is 5.69 Å². The van der Waals surface area contributed by atoms with E-state index in [1.165, 1.54) is 23.5 Å². The van der Waals surface area contributed by atoms with Crippen molar-refractivity contribution < 1.29 is 9.72 Å². The highest BCUT2D eigenvalue weighted by Gasteiger charge is 2.12. The second-order valence-corrected chi connectivity index (χ2v) is 6.26. The van der Waals surface area contributed by atoms with Gasteiger partial charge < -0.3 is 4.57 Å². The molecule has 0 saturated carbocycles. The lowest BCUT2D eigenvalue weighted by Crippen LogP contribution is -2.17. The summed E-state index contributed by atoms with van der Waals surface area (Å²) >= 11 is 1.28. The summed E-state index contributed by atoms with van der Waals surface area (Å²) in [5.74, 6) is 2.21. The van der Waals surface area contributed by atoms with Gasteiger partial charge in [-0.25, -0.2) is 0 Å². The fourth-order valence-corrected chi connectivity index (χ4v) is 3.44. The van der Waals surface area contributed by atoms with Gasteiger partial charge >= 0.3 is 0 Å². The van der Waals surface area contributed by atoms with Crippen molar-refractivity contribution in [1.82, 2.24) is 4.57 Å². The van der Waals surface area contributed by atoms with Gasteiger partial charge in [-0.05, 0) is 11.6 Å². The number of amides is 1. The number of fused-ring (bicyclic) bond motifs is 1. The molecule has 2 aromatic carbocycles. The lowest BCUT2D eigenvalue weighted by molar-refractivity contribution is -0.384. The van der Waals surface area contributed by atoms with Crippen LogP contribution in [-0.2, 0) is 17.8 Å². The first kappa shape index (κ1) is 16.6. The first-order valence-electron chi connectivity index (χ1n) is 7.41. The molecule has 0 unspecified atom stereocenters. The van der Waals surface area contributed by atoms with E-state index in [1.807, 2.05) is 30.3 Å². The summed E-state index contributed by atoms with van der Waals surface area (Å²) in [7, 11) is 0. The number of carbonyl (C=O) groups is 1. The summed E-state index contributed by atoms with van der Waals surface area (Å²) in [6, 6.07) is 13.8. The molecular weight excluding hydrogens is 338 g/mol. The van der Waals surface area contributed by atoms with Crippen LogP contribution in [0.25, 0.3) is 10.2 Å². The maximum Gasteiger partial charge on any atom is 0.271 e. The van der Waals surface area contributed by atoms with Gasteiger partial charge in [-0.1, -0.05) is 47.6 Å². The van der Waals surface area contributed by atoms with Crippen LogP contribution in [0, 0.1) is 22.5 Å². The summed E-state index contributed by atoms with van der Waals surface area (Å²) in [6.45, 7) is 0.179. The van der Waals surface area contributed by atoms with E-state index in [9.17, 15) is 14.9 Å². The Hall–Kier alpha value is -3.24. The molecule has 7 heteroatoms. The predicted molar refractivity (Wildman–Crippen MR) is 96.0 cm³/mol. The minimum Gasteiger partial charge on any atom is -0.304 e. The second-order valence-electron chi connectivity index (χ2n) is 5.25. The number of terminal acetylenes is 1. The van der Waals surface area contributed by atoms with E-state index in [-0.39, 0.29) is 24.6 Å². The van der Waals surface area contributed by atoms with Gasteiger partial charge in [0.15, 0.2) is 4.80 Å². The summed E-state index contributed by atoms with van der Waals surface area (Å²) in [4.78, 5) is 27.4. The Kier molecular flexibility index (Phi) is 4.73. The lowest BCUT2D eigenvalue weighted by Gasteiger charge is -2.00. The first-order valence-corrected chi connectivity index (χ1v) is 8.23. The molecule has 0 radical (unpaired) electrons. The Morgan fingerprint density at radius 1 is 1.28 bits per heavy atom. The summed E-state index contributed by atoms with van der Waals surface area (Å²) in [5, 5.41) is 11.0. The van der Waals surface area contributed by atoms with Crippen molar-refractivity contribution in [3.63, 3.8) is 0 Å². The van der Waals surface area contributed by atoms with Crippen LogP contribution in [0.5, 0.6) is 0 Å². The average molecular weight is 351 g/mol. The van der Waals surface area contributed by atoms with Gasteiger partial charge in [0.05, 0.1) is 28.1 Å². The van der Waals surface area contributed by atoms with Crippen LogP contribution in [0.15, 0.2) is 53.5 Å². The highest BCUT2D eigenvalue weighted by atomic mass is 32.1. The van der Waals surface area contributed by atoms with Crippen LogP contribution in [0.3, 0.4) is 0 Å². The van der Waals surface area contributed by atoms with Gasteiger partial charge in [-0.2, -0.15) is 4.99 Å². The van der Waals surface area contributed by atoms with Gasteiger partial charge in [0.2, 0.25) is 0 Å². The average Bonchev–Trinajstić information content (AvgIpc) is 2.92. The second kappa shape index (κ2) is 7.11. The lowest BCUT2D eigenvalue weighted by atomic mass is 10.1. The topological polar surface area (TPSA) is 77.5 Å². The van der Waals surface area contributed by atoms with E-state index >= 15 is 0 Å². The molecule has 1 aromatic heterocycles. The summed E-state index contributed by atoms with van der Waals surface area (Å²) < 4.78 is 2.43. The number of carbonyl (C=O) groups excluding carboxylic acids is 1. The molecular formula is C18H13N3O3S. The maximum absolute atomic E-state index is 12.3. The van der Waals surface area contributed by atoms with Gasteiger partial charge in [-0.3, -0.25) is 14.9 Å². The Morgan fingerprint density at radius 3 is 2.72 bits per heavy atom. The SMILES string of the molecule is C#CCn1c(=NC(=O)Cc2ccccc2)sc2ccc([N+](=O)[O-])cc21. The van der Waals surface area contributed by atoms with Crippen LogP contribution in [-0.4, -0.2) is 15.4 Å². The third kappa shape index (κ3) is 3.65. The van der Waals surface area contributed by atoms with Gasteiger partial charge in [0.1, 0.15) is 0 Å². The van der Waals surface area contributed by atoms with Crippen molar-refractivity contribution in [3.8, 4) is 12.3 Å². The first-order chi connectivity index (χ1) is 12.1. The van der Waals surface area contributed by atoms with Gasteiger partial charge in [0.25, 0.3) is 11.6 Å². The van der Waals surface area contributed by atoms with E-state index in [4.69, 9.17) is 6.42 Å². The zero-order valence-electron chi connectivity index (χ0n) is 13.1. The van der Waals surface area contributed by atoms with Crippen molar-refractivity contribution in [2.45, 2.75) is 13.0 Å². The fraction of sp³-hybridized carbons (Fsp3) is 0.111. The van der Waals surface area contributed by atoms with E-state index in [2.05, 4.69) is 10.9 Å². The van der Waals surface area contributed by atoms with E-state index < -0.39 is 4.92 Å². The highest BCUT2D eigenvalue weighted by Crippen LogP contribution is 2.23. The van der Waals surface area contributed by atoms with Crippen LogP contribution in [0.1, 0.15) is 5.56 Å². The number of aromatic nitrogens is 1. The van der Waals surface area contributed by atoms with Crippen LogP contribution >= 0.6 is 11.3 Å². The number of benzene rings is 2.